The molecule has 0 aromatic heterocycles. The lowest BCUT2D eigenvalue weighted by molar-refractivity contribution is 0.144. The number of hydrogen-bond donors (Lipinski definition) is 1. The van der Waals surface area contributed by atoms with Gasteiger partial charge >= 0.3 is 0 Å². The minimum atomic E-state index is 0.454. The molecule has 0 heterocycles. The molecule has 0 saturated heterocycles. The molecule has 1 fully saturated rings. The molecule has 2 heteroatoms. The maximum atomic E-state index is 6.07. The molecule has 0 radical (unpaired) electrons. The highest BCUT2D eigenvalue weighted by molar-refractivity contribution is 5.32. The van der Waals surface area contributed by atoms with Gasteiger partial charge in [-0.2, -0.15) is 0 Å². The average Bonchev–Trinajstić information content (AvgIpc) is 2.54. The van der Waals surface area contributed by atoms with Gasteiger partial charge in [0.15, 0.2) is 0 Å². The van der Waals surface area contributed by atoms with Crippen LogP contribution in [0.5, 0.6) is 0 Å². The van der Waals surface area contributed by atoms with E-state index in [1.807, 2.05) is 0 Å². The Balaban J connectivity index is 1.67. The second-order valence-corrected chi connectivity index (χ2v) is 6.94. The molecule has 0 amide bonds. The Kier molecular flexibility index (Phi) is 4.97. The predicted octanol–water partition coefficient (Wildman–Crippen LogP) is 3.70. The third kappa shape index (κ3) is 3.49. The Morgan fingerprint density at radius 2 is 1.86 bits per heavy atom. The van der Waals surface area contributed by atoms with E-state index in [1.54, 1.807) is 11.1 Å². The summed E-state index contributed by atoms with van der Waals surface area (Å²) in [4.78, 5) is 2.73. The number of nitrogens with zero attached hydrogens (tertiary/aromatic N) is 1. The monoisotopic (exact) mass is 286 g/mol. The minimum absolute atomic E-state index is 0.454. The van der Waals surface area contributed by atoms with Gasteiger partial charge in [-0.3, -0.25) is 0 Å². The van der Waals surface area contributed by atoms with E-state index in [2.05, 4.69) is 36.1 Å². The fraction of sp³-hybridized carbons (Fsp3) is 0.684. The number of rotatable bonds is 4. The summed E-state index contributed by atoms with van der Waals surface area (Å²) in [6, 6.07) is 10.3. The van der Waals surface area contributed by atoms with E-state index >= 15 is 0 Å². The Labute approximate surface area is 129 Å². The SMILES string of the molecule is CCN(CC1CCCc2ccccc21)C1CCC(N)CC1. The molecule has 3 rings (SSSR count). The van der Waals surface area contributed by atoms with Gasteiger partial charge < -0.3 is 10.6 Å². The van der Waals surface area contributed by atoms with Gasteiger partial charge in [0.1, 0.15) is 0 Å². The van der Waals surface area contributed by atoms with Crippen molar-refractivity contribution >= 4 is 0 Å². The zero-order chi connectivity index (χ0) is 14.7. The number of benzene rings is 1. The van der Waals surface area contributed by atoms with Crippen LogP contribution in [0, 0.1) is 0 Å². The van der Waals surface area contributed by atoms with E-state index in [9.17, 15) is 0 Å². The van der Waals surface area contributed by atoms with E-state index in [4.69, 9.17) is 5.73 Å². The summed E-state index contributed by atoms with van der Waals surface area (Å²) in [6.45, 7) is 4.75. The molecule has 21 heavy (non-hydrogen) atoms. The minimum Gasteiger partial charge on any atom is -0.328 e. The van der Waals surface area contributed by atoms with Crippen LogP contribution < -0.4 is 5.73 Å². The van der Waals surface area contributed by atoms with E-state index in [-0.39, 0.29) is 0 Å². The van der Waals surface area contributed by atoms with Gasteiger partial charge in [0, 0.05) is 18.6 Å². The first-order valence-electron chi connectivity index (χ1n) is 8.85. The van der Waals surface area contributed by atoms with Gasteiger partial charge in [-0.15, -0.1) is 0 Å². The standard InChI is InChI=1S/C19H30N2/c1-2-21(18-12-10-17(20)11-13-18)14-16-8-5-7-15-6-3-4-9-19(15)16/h3-4,6,9,16-18H,2,5,7-8,10-14,20H2,1H3. The van der Waals surface area contributed by atoms with Crippen molar-refractivity contribution in [1.29, 1.82) is 0 Å². The summed E-state index contributed by atoms with van der Waals surface area (Å²) in [7, 11) is 0. The average molecular weight is 286 g/mol. The van der Waals surface area contributed by atoms with Crippen LogP contribution in [-0.2, 0) is 6.42 Å². The topological polar surface area (TPSA) is 29.3 Å². The first-order chi connectivity index (χ1) is 10.3. The number of aryl methyl sites for hydroxylation is 1. The fourth-order valence-corrected chi connectivity index (χ4v) is 4.33. The van der Waals surface area contributed by atoms with Crippen LogP contribution in [0.3, 0.4) is 0 Å². The smallest absolute Gasteiger partial charge is 0.00965 e. The predicted molar refractivity (Wildman–Crippen MR) is 89.6 cm³/mol. The summed E-state index contributed by atoms with van der Waals surface area (Å²) in [6.07, 6.45) is 9.00. The molecule has 2 aliphatic carbocycles. The number of hydrogen-bond acceptors (Lipinski definition) is 2. The molecule has 2 nitrogen and oxygen atoms in total. The molecule has 1 aromatic rings. The second kappa shape index (κ2) is 6.93. The van der Waals surface area contributed by atoms with Crippen molar-refractivity contribution in [3.8, 4) is 0 Å². The van der Waals surface area contributed by atoms with E-state index in [0.29, 0.717) is 6.04 Å². The van der Waals surface area contributed by atoms with Gasteiger partial charge in [-0.25, -0.2) is 0 Å². The highest BCUT2D eigenvalue weighted by Crippen LogP contribution is 2.33. The number of fused-ring (bicyclic) bond motifs is 1. The molecule has 1 aromatic carbocycles. The lowest BCUT2D eigenvalue weighted by Crippen LogP contribution is -2.43. The van der Waals surface area contributed by atoms with Crippen molar-refractivity contribution in [3.05, 3.63) is 35.4 Å². The first kappa shape index (κ1) is 15.1. The highest BCUT2D eigenvalue weighted by atomic mass is 15.2. The normalized spacial score (nSPS) is 29.4. The molecule has 1 unspecified atom stereocenters. The van der Waals surface area contributed by atoms with Crippen LogP contribution in [0.4, 0.5) is 0 Å². The molecule has 0 bridgehead atoms. The van der Waals surface area contributed by atoms with Crippen molar-refractivity contribution < 1.29 is 0 Å². The van der Waals surface area contributed by atoms with Crippen LogP contribution in [0.2, 0.25) is 0 Å². The highest BCUT2D eigenvalue weighted by Gasteiger charge is 2.27. The van der Waals surface area contributed by atoms with Gasteiger partial charge in [0.2, 0.25) is 0 Å². The molecule has 2 N–H and O–H groups in total. The molecule has 0 spiro atoms. The molecule has 2 aliphatic rings. The maximum absolute atomic E-state index is 6.07. The summed E-state index contributed by atoms with van der Waals surface area (Å²) in [5.41, 5.74) is 9.28. The lowest BCUT2D eigenvalue weighted by atomic mass is 9.82. The van der Waals surface area contributed by atoms with E-state index in [1.165, 1.54) is 58.0 Å². The van der Waals surface area contributed by atoms with Gasteiger partial charge in [-0.05, 0) is 68.5 Å². The summed E-state index contributed by atoms with van der Waals surface area (Å²) < 4.78 is 0. The third-order valence-corrected chi connectivity index (χ3v) is 5.61. The van der Waals surface area contributed by atoms with Gasteiger partial charge in [0.25, 0.3) is 0 Å². The Hall–Kier alpha value is -0.860. The quantitative estimate of drug-likeness (QED) is 0.914. The van der Waals surface area contributed by atoms with Crippen molar-refractivity contribution in [2.45, 2.75) is 69.9 Å². The summed E-state index contributed by atoms with van der Waals surface area (Å²) in [5.74, 6) is 0.741. The van der Waals surface area contributed by atoms with E-state index in [0.717, 1.165) is 12.0 Å². The molecular weight excluding hydrogens is 256 g/mol. The zero-order valence-corrected chi connectivity index (χ0v) is 13.4. The summed E-state index contributed by atoms with van der Waals surface area (Å²) in [5, 5.41) is 0. The third-order valence-electron chi connectivity index (χ3n) is 5.61. The number of likely N-dealkylation sites (N-methyl/N-ethyl adjacent to an activating group) is 1. The molecule has 1 atom stereocenters. The van der Waals surface area contributed by atoms with Crippen LogP contribution >= 0.6 is 0 Å². The van der Waals surface area contributed by atoms with Crippen molar-refractivity contribution in [2.75, 3.05) is 13.1 Å². The van der Waals surface area contributed by atoms with Crippen LogP contribution in [0.25, 0.3) is 0 Å². The Morgan fingerprint density at radius 1 is 1.10 bits per heavy atom. The van der Waals surface area contributed by atoms with Crippen LogP contribution in [-0.4, -0.2) is 30.1 Å². The Bertz CT molecular complexity index is 449. The molecule has 0 aliphatic heterocycles. The molecule has 116 valence electrons. The van der Waals surface area contributed by atoms with Crippen LogP contribution in [0.1, 0.15) is 62.5 Å². The summed E-state index contributed by atoms with van der Waals surface area (Å²) >= 11 is 0. The Morgan fingerprint density at radius 3 is 2.62 bits per heavy atom. The molecule has 1 saturated carbocycles. The number of nitrogens with two attached hydrogens (primary N) is 1. The molecular formula is C19H30N2. The van der Waals surface area contributed by atoms with Crippen LogP contribution in [0.15, 0.2) is 24.3 Å². The lowest BCUT2D eigenvalue weighted by Gasteiger charge is -2.38. The largest absolute Gasteiger partial charge is 0.328 e. The van der Waals surface area contributed by atoms with E-state index < -0.39 is 0 Å². The van der Waals surface area contributed by atoms with Gasteiger partial charge in [-0.1, -0.05) is 31.2 Å². The van der Waals surface area contributed by atoms with Gasteiger partial charge in [0.05, 0.1) is 0 Å². The maximum Gasteiger partial charge on any atom is 0.00965 e. The van der Waals surface area contributed by atoms with Crippen molar-refractivity contribution in [2.24, 2.45) is 5.73 Å². The van der Waals surface area contributed by atoms with Crippen molar-refractivity contribution in [1.82, 2.24) is 4.90 Å². The van der Waals surface area contributed by atoms with Crippen molar-refractivity contribution in [3.63, 3.8) is 0 Å². The second-order valence-electron chi connectivity index (χ2n) is 6.94. The fourth-order valence-electron chi connectivity index (χ4n) is 4.33. The first-order valence-corrected chi connectivity index (χ1v) is 8.85. The zero-order valence-electron chi connectivity index (χ0n) is 13.4.